The summed E-state index contributed by atoms with van der Waals surface area (Å²) in [5, 5.41) is 9.03. The number of hydrogen-bond donors (Lipinski definition) is 0. The summed E-state index contributed by atoms with van der Waals surface area (Å²) in [6, 6.07) is 4.69. The summed E-state index contributed by atoms with van der Waals surface area (Å²) < 4.78 is 0. The molecular weight excluding hydrogens is 174 g/mol. The van der Waals surface area contributed by atoms with E-state index in [1.54, 1.807) is 6.20 Å². The minimum absolute atomic E-state index is 0.594. The fraction of sp³-hybridized carbons (Fsp3) is 0.455. The Morgan fingerprint density at radius 2 is 2.29 bits per heavy atom. The van der Waals surface area contributed by atoms with Crippen molar-refractivity contribution in [1.29, 1.82) is 5.26 Å². The molecule has 1 aromatic rings. The molecule has 0 radical (unpaired) electrons. The normalized spacial score (nSPS) is 14.9. The topological polar surface area (TPSA) is 39.9 Å². The van der Waals surface area contributed by atoms with Crippen LogP contribution in [0.15, 0.2) is 12.3 Å². The molecule has 1 aliphatic carbocycles. The Balaban J connectivity index is 2.41. The first kappa shape index (κ1) is 9.01. The van der Waals surface area contributed by atoms with Crippen LogP contribution in [0.2, 0.25) is 0 Å². The van der Waals surface area contributed by atoms with E-state index in [1.165, 1.54) is 12.8 Å². The van der Waals surface area contributed by atoms with Crippen molar-refractivity contribution in [3.8, 4) is 6.07 Å². The summed E-state index contributed by atoms with van der Waals surface area (Å²) in [6.45, 7) is 1.95. The Morgan fingerprint density at radius 3 is 2.86 bits per heavy atom. The van der Waals surface area contributed by atoms with Gasteiger partial charge in [-0.3, -0.25) is 0 Å². The molecule has 1 heterocycles. The van der Waals surface area contributed by atoms with Gasteiger partial charge in [0.05, 0.1) is 5.56 Å². The molecule has 1 aromatic heterocycles. The van der Waals surface area contributed by atoms with E-state index < -0.39 is 0 Å². The number of anilines is 1. The summed E-state index contributed by atoms with van der Waals surface area (Å²) in [6.07, 6.45) is 4.21. The molecule has 0 aromatic carbocycles. The summed E-state index contributed by atoms with van der Waals surface area (Å²) in [4.78, 5) is 6.39. The highest BCUT2D eigenvalue weighted by molar-refractivity contribution is 5.57. The SMILES string of the molecule is Cc1ccnc(N(C)C2CC2)c1C#N. The maximum atomic E-state index is 9.03. The maximum Gasteiger partial charge on any atom is 0.146 e. The van der Waals surface area contributed by atoms with Crippen LogP contribution < -0.4 is 4.90 Å². The van der Waals surface area contributed by atoms with E-state index in [1.807, 2.05) is 20.0 Å². The molecule has 2 rings (SSSR count). The van der Waals surface area contributed by atoms with E-state index >= 15 is 0 Å². The number of nitrogens with zero attached hydrogens (tertiary/aromatic N) is 3. The van der Waals surface area contributed by atoms with Crippen molar-refractivity contribution in [3.63, 3.8) is 0 Å². The third-order valence-electron chi connectivity index (χ3n) is 2.68. The Bertz CT molecular complexity index is 388. The molecule has 0 spiro atoms. The highest BCUT2D eigenvalue weighted by atomic mass is 15.2. The molecule has 0 N–H and O–H groups in total. The van der Waals surface area contributed by atoms with Crippen molar-refractivity contribution in [3.05, 3.63) is 23.4 Å². The molecule has 14 heavy (non-hydrogen) atoms. The first-order chi connectivity index (χ1) is 6.74. The summed E-state index contributed by atoms with van der Waals surface area (Å²) >= 11 is 0. The lowest BCUT2D eigenvalue weighted by atomic mass is 10.1. The van der Waals surface area contributed by atoms with Crippen LogP contribution in [-0.2, 0) is 0 Å². The second-order valence-electron chi connectivity index (χ2n) is 3.78. The second kappa shape index (κ2) is 3.30. The molecule has 0 amide bonds. The van der Waals surface area contributed by atoms with Gasteiger partial charge in [-0.25, -0.2) is 4.98 Å². The number of nitriles is 1. The van der Waals surface area contributed by atoms with E-state index in [0.29, 0.717) is 11.6 Å². The molecule has 0 atom stereocenters. The van der Waals surface area contributed by atoms with Crippen LogP contribution in [0.5, 0.6) is 0 Å². The monoisotopic (exact) mass is 187 g/mol. The fourth-order valence-electron chi connectivity index (χ4n) is 1.58. The highest BCUT2D eigenvalue weighted by Gasteiger charge is 2.28. The standard InChI is InChI=1S/C11H13N3/c1-8-5-6-13-11(10(8)7-12)14(2)9-3-4-9/h5-6,9H,3-4H2,1-2H3. The van der Waals surface area contributed by atoms with Gasteiger partial charge in [-0.2, -0.15) is 5.26 Å². The van der Waals surface area contributed by atoms with Crippen molar-refractivity contribution >= 4 is 5.82 Å². The molecule has 1 saturated carbocycles. The maximum absolute atomic E-state index is 9.03. The van der Waals surface area contributed by atoms with E-state index in [4.69, 9.17) is 5.26 Å². The molecule has 3 heteroatoms. The van der Waals surface area contributed by atoms with Gasteiger partial charge in [0.1, 0.15) is 11.9 Å². The molecule has 3 nitrogen and oxygen atoms in total. The third-order valence-corrected chi connectivity index (χ3v) is 2.68. The van der Waals surface area contributed by atoms with Gasteiger partial charge in [-0.15, -0.1) is 0 Å². The van der Waals surface area contributed by atoms with Crippen LogP contribution in [0, 0.1) is 18.3 Å². The summed E-state index contributed by atoms with van der Waals surface area (Å²) in [7, 11) is 2.01. The number of rotatable bonds is 2. The number of pyridine rings is 1. The van der Waals surface area contributed by atoms with Gasteiger partial charge in [0.2, 0.25) is 0 Å². The highest BCUT2D eigenvalue weighted by Crippen LogP contribution is 2.31. The Kier molecular flexibility index (Phi) is 2.12. The van der Waals surface area contributed by atoms with Crippen LogP contribution in [0.1, 0.15) is 24.0 Å². The van der Waals surface area contributed by atoms with Gasteiger partial charge >= 0.3 is 0 Å². The lowest BCUT2D eigenvalue weighted by molar-refractivity contribution is 0.887. The number of hydrogen-bond acceptors (Lipinski definition) is 3. The Morgan fingerprint density at radius 1 is 1.57 bits per heavy atom. The molecular formula is C11H13N3. The van der Waals surface area contributed by atoms with Crippen molar-refractivity contribution in [2.75, 3.05) is 11.9 Å². The average molecular weight is 187 g/mol. The minimum atomic E-state index is 0.594. The Hall–Kier alpha value is -1.56. The summed E-state index contributed by atoms with van der Waals surface area (Å²) in [5.74, 6) is 0.829. The first-order valence-corrected chi connectivity index (χ1v) is 4.82. The fourth-order valence-corrected chi connectivity index (χ4v) is 1.58. The number of aromatic nitrogens is 1. The van der Waals surface area contributed by atoms with Crippen LogP contribution in [-0.4, -0.2) is 18.1 Å². The van der Waals surface area contributed by atoms with Gasteiger partial charge in [0.15, 0.2) is 0 Å². The van der Waals surface area contributed by atoms with Crippen LogP contribution in [0.25, 0.3) is 0 Å². The zero-order chi connectivity index (χ0) is 10.1. The second-order valence-corrected chi connectivity index (χ2v) is 3.78. The molecule has 72 valence electrons. The quantitative estimate of drug-likeness (QED) is 0.709. The molecule has 0 bridgehead atoms. The van der Waals surface area contributed by atoms with Gasteiger partial charge < -0.3 is 4.90 Å². The van der Waals surface area contributed by atoms with E-state index in [9.17, 15) is 0 Å². The van der Waals surface area contributed by atoms with Gasteiger partial charge in [0.25, 0.3) is 0 Å². The van der Waals surface area contributed by atoms with Crippen molar-refractivity contribution in [2.24, 2.45) is 0 Å². The van der Waals surface area contributed by atoms with Gasteiger partial charge in [-0.1, -0.05) is 0 Å². The molecule has 1 fully saturated rings. The summed E-state index contributed by atoms with van der Waals surface area (Å²) in [5.41, 5.74) is 1.71. The lowest BCUT2D eigenvalue weighted by Crippen LogP contribution is -2.22. The van der Waals surface area contributed by atoms with E-state index in [2.05, 4.69) is 16.0 Å². The largest absolute Gasteiger partial charge is 0.356 e. The zero-order valence-electron chi connectivity index (χ0n) is 8.49. The molecule has 0 unspecified atom stereocenters. The van der Waals surface area contributed by atoms with Crippen LogP contribution in [0.3, 0.4) is 0 Å². The smallest absolute Gasteiger partial charge is 0.146 e. The van der Waals surface area contributed by atoms with Crippen LogP contribution in [0.4, 0.5) is 5.82 Å². The Labute approximate surface area is 84.0 Å². The number of aryl methyl sites for hydroxylation is 1. The zero-order valence-corrected chi connectivity index (χ0v) is 8.49. The third kappa shape index (κ3) is 1.44. The first-order valence-electron chi connectivity index (χ1n) is 4.82. The van der Waals surface area contributed by atoms with Crippen molar-refractivity contribution in [2.45, 2.75) is 25.8 Å². The lowest BCUT2D eigenvalue weighted by Gasteiger charge is -2.18. The predicted molar refractivity (Wildman–Crippen MR) is 55.1 cm³/mol. The van der Waals surface area contributed by atoms with Crippen molar-refractivity contribution < 1.29 is 0 Å². The average Bonchev–Trinajstić information content (AvgIpc) is 2.99. The minimum Gasteiger partial charge on any atom is -0.356 e. The van der Waals surface area contributed by atoms with E-state index in [0.717, 1.165) is 11.4 Å². The van der Waals surface area contributed by atoms with E-state index in [-0.39, 0.29) is 0 Å². The van der Waals surface area contributed by atoms with Crippen LogP contribution >= 0.6 is 0 Å². The van der Waals surface area contributed by atoms with Gasteiger partial charge in [0, 0.05) is 19.3 Å². The van der Waals surface area contributed by atoms with Gasteiger partial charge in [-0.05, 0) is 31.4 Å². The van der Waals surface area contributed by atoms with Crippen molar-refractivity contribution in [1.82, 2.24) is 4.98 Å². The predicted octanol–water partition coefficient (Wildman–Crippen LogP) is 1.86. The molecule has 1 aliphatic rings. The molecule has 0 saturated heterocycles. The molecule has 0 aliphatic heterocycles.